The second-order valence-corrected chi connectivity index (χ2v) is 5.01. The Hall–Kier alpha value is -0.560. The van der Waals surface area contributed by atoms with Crippen LogP contribution in [0.2, 0.25) is 0 Å². The monoisotopic (exact) mass is 224 g/mol. The lowest BCUT2D eigenvalue weighted by Gasteiger charge is -2.41. The summed E-state index contributed by atoms with van der Waals surface area (Å²) >= 11 is 5.79. The number of allylic oxidation sites excluding steroid dienone is 4. The van der Waals surface area contributed by atoms with Gasteiger partial charge in [-0.25, -0.2) is 0 Å². The van der Waals surface area contributed by atoms with E-state index in [1.54, 1.807) is 0 Å². The highest BCUT2D eigenvalue weighted by molar-refractivity contribution is 6.18. The van der Waals surface area contributed by atoms with E-state index >= 15 is 0 Å². The largest absolute Gasteiger partial charge is 0.295 e. The van der Waals surface area contributed by atoms with Gasteiger partial charge < -0.3 is 0 Å². The molecule has 2 heteroatoms. The van der Waals surface area contributed by atoms with Gasteiger partial charge >= 0.3 is 0 Å². The van der Waals surface area contributed by atoms with Gasteiger partial charge in [0.2, 0.25) is 0 Å². The molecule has 0 heterocycles. The quantitative estimate of drug-likeness (QED) is 0.491. The zero-order valence-corrected chi connectivity index (χ0v) is 9.94. The Balaban J connectivity index is 2.37. The average Bonchev–Trinajstić information content (AvgIpc) is 2.21. The van der Waals surface area contributed by atoms with E-state index in [4.69, 9.17) is 11.6 Å². The van der Waals surface area contributed by atoms with Crippen molar-refractivity contribution in [2.24, 2.45) is 5.41 Å². The summed E-state index contributed by atoms with van der Waals surface area (Å²) in [6.07, 6.45) is 9.09. The lowest BCUT2D eigenvalue weighted by atomic mass is 9.63. The van der Waals surface area contributed by atoms with E-state index in [0.29, 0.717) is 18.1 Å². The SMILES string of the molecule is CC12CCC(=O)C=C1CCC/C2=C/CCl. The van der Waals surface area contributed by atoms with Crippen LogP contribution >= 0.6 is 11.6 Å². The number of hydrogen-bond donors (Lipinski definition) is 0. The highest BCUT2D eigenvalue weighted by Crippen LogP contribution is 2.49. The molecule has 0 bridgehead atoms. The molecule has 0 spiro atoms. The van der Waals surface area contributed by atoms with Gasteiger partial charge in [-0.2, -0.15) is 0 Å². The predicted molar refractivity (Wildman–Crippen MR) is 63.1 cm³/mol. The summed E-state index contributed by atoms with van der Waals surface area (Å²) in [6.45, 7) is 2.27. The lowest BCUT2D eigenvalue weighted by molar-refractivity contribution is -0.115. The standard InChI is InChI=1S/C13H17ClO/c1-13-7-5-12(15)9-11(13)4-2-3-10(13)6-8-14/h6,9H,2-5,7-8H2,1H3/b10-6-. The smallest absolute Gasteiger partial charge is 0.155 e. The van der Waals surface area contributed by atoms with Crippen LogP contribution in [0.1, 0.15) is 39.0 Å². The predicted octanol–water partition coefficient (Wildman–Crippen LogP) is 3.63. The maximum absolute atomic E-state index is 11.4. The van der Waals surface area contributed by atoms with Crippen molar-refractivity contribution in [1.29, 1.82) is 0 Å². The van der Waals surface area contributed by atoms with E-state index in [1.807, 2.05) is 6.08 Å². The number of alkyl halides is 1. The molecule has 0 saturated heterocycles. The number of fused-ring (bicyclic) bond motifs is 1. The lowest BCUT2D eigenvalue weighted by Crippen LogP contribution is -2.30. The van der Waals surface area contributed by atoms with Gasteiger partial charge in [-0.15, -0.1) is 11.6 Å². The second-order valence-electron chi connectivity index (χ2n) is 4.71. The Bertz CT molecular complexity index is 340. The molecule has 2 aliphatic carbocycles. The van der Waals surface area contributed by atoms with Crippen LogP contribution in [0.25, 0.3) is 0 Å². The van der Waals surface area contributed by atoms with Gasteiger partial charge in [-0.3, -0.25) is 4.79 Å². The summed E-state index contributed by atoms with van der Waals surface area (Å²) in [5.41, 5.74) is 2.92. The first-order valence-electron chi connectivity index (χ1n) is 5.66. The van der Waals surface area contributed by atoms with Crippen LogP contribution in [0.15, 0.2) is 23.3 Å². The Morgan fingerprint density at radius 2 is 2.27 bits per heavy atom. The van der Waals surface area contributed by atoms with E-state index in [2.05, 4.69) is 13.0 Å². The molecule has 0 amide bonds. The third kappa shape index (κ3) is 1.90. The molecule has 2 rings (SSSR count). The Kier molecular flexibility index (Phi) is 3.01. The maximum Gasteiger partial charge on any atom is 0.155 e. The molecule has 1 saturated carbocycles. The first kappa shape index (κ1) is 10.9. The molecule has 82 valence electrons. The van der Waals surface area contributed by atoms with Crippen molar-refractivity contribution in [2.75, 3.05) is 5.88 Å². The van der Waals surface area contributed by atoms with Crippen LogP contribution in [0.5, 0.6) is 0 Å². The Morgan fingerprint density at radius 1 is 1.47 bits per heavy atom. The number of carbonyl (C=O) groups is 1. The van der Waals surface area contributed by atoms with Crippen molar-refractivity contribution in [2.45, 2.75) is 39.0 Å². The van der Waals surface area contributed by atoms with Crippen molar-refractivity contribution in [3.63, 3.8) is 0 Å². The van der Waals surface area contributed by atoms with Crippen LogP contribution in [0.3, 0.4) is 0 Å². The number of carbonyl (C=O) groups excluding carboxylic acids is 1. The summed E-state index contributed by atoms with van der Waals surface area (Å²) < 4.78 is 0. The zero-order valence-electron chi connectivity index (χ0n) is 9.18. The van der Waals surface area contributed by atoms with Crippen LogP contribution in [-0.4, -0.2) is 11.7 Å². The van der Waals surface area contributed by atoms with Gasteiger partial charge in [-0.1, -0.05) is 24.1 Å². The first-order valence-corrected chi connectivity index (χ1v) is 6.19. The third-order valence-electron chi connectivity index (χ3n) is 3.84. The molecule has 1 atom stereocenters. The Labute approximate surface area is 96.2 Å². The van der Waals surface area contributed by atoms with E-state index in [1.165, 1.54) is 11.1 Å². The third-order valence-corrected chi connectivity index (χ3v) is 3.99. The highest BCUT2D eigenvalue weighted by Gasteiger charge is 2.38. The molecule has 15 heavy (non-hydrogen) atoms. The van der Waals surface area contributed by atoms with Crippen LogP contribution in [0, 0.1) is 5.41 Å². The van der Waals surface area contributed by atoms with Crippen LogP contribution in [0.4, 0.5) is 0 Å². The molecule has 1 unspecified atom stereocenters. The van der Waals surface area contributed by atoms with Crippen molar-refractivity contribution < 1.29 is 4.79 Å². The molecular weight excluding hydrogens is 208 g/mol. The van der Waals surface area contributed by atoms with Gasteiger partial charge in [-0.05, 0) is 31.8 Å². The number of hydrogen-bond acceptors (Lipinski definition) is 1. The van der Waals surface area contributed by atoms with Gasteiger partial charge in [0.05, 0.1) is 0 Å². The summed E-state index contributed by atoms with van der Waals surface area (Å²) in [5, 5.41) is 0. The summed E-state index contributed by atoms with van der Waals surface area (Å²) in [4.78, 5) is 11.4. The highest BCUT2D eigenvalue weighted by atomic mass is 35.5. The molecule has 2 aliphatic rings. The molecule has 0 aliphatic heterocycles. The van der Waals surface area contributed by atoms with Gasteiger partial charge in [0, 0.05) is 17.7 Å². The van der Waals surface area contributed by atoms with Crippen LogP contribution < -0.4 is 0 Å². The van der Waals surface area contributed by atoms with E-state index in [-0.39, 0.29) is 5.41 Å². The fourth-order valence-electron chi connectivity index (χ4n) is 2.84. The molecule has 0 aromatic rings. The molecular formula is C13H17ClO. The molecule has 0 aromatic carbocycles. The summed E-state index contributed by atoms with van der Waals surface area (Å²) in [6, 6.07) is 0. The molecule has 0 aromatic heterocycles. The fraction of sp³-hybridized carbons (Fsp3) is 0.615. The van der Waals surface area contributed by atoms with Crippen LogP contribution in [-0.2, 0) is 4.79 Å². The first-order chi connectivity index (χ1) is 7.16. The molecule has 0 radical (unpaired) electrons. The minimum absolute atomic E-state index is 0.140. The number of rotatable bonds is 1. The van der Waals surface area contributed by atoms with E-state index in [9.17, 15) is 4.79 Å². The van der Waals surface area contributed by atoms with Gasteiger partial charge in [0.1, 0.15) is 0 Å². The van der Waals surface area contributed by atoms with E-state index in [0.717, 1.165) is 25.7 Å². The minimum atomic E-state index is 0.140. The minimum Gasteiger partial charge on any atom is -0.295 e. The fourth-order valence-corrected chi connectivity index (χ4v) is 3.03. The van der Waals surface area contributed by atoms with Crippen molar-refractivity contribution >= 4 is 17.4 Å². The van der Waals surface area contributed by atoms with Gasteiger partial charge in [0.25, 0.3) is 0 Å². The molecule has 0 N–H and O–H groups in total. The average molecular weight is 225 g/mol. The number of halogens is 1. The summed E-state index contributed by atoms with van der Waals surface area (Å²) in [5.74, 6) is 0.890. The topological polar surface area (TPSA) is 17.1 Å². The molecule has 1 fully saturated rings. The Morgan fingerprint density at radius 3 is 3.00 bits per heavy atom. The second kappa shape index (κ2) is 4.13. The molecule has 1 nitrogen and oxygen atoms in total. The maximum atomic E-state index is 11.4. The number of ketones is 1. The zero-order chi connectivity index (χ0) is 10.9. The normalized spacial score (nSPS) is 33.9. The van der Waals surface area contributed by atoms with E-state index < -0.39 is 0 Å². The van der Waals surface area contributed by atoms with Gasteiger partial charge in [0.15, 0.2) is 5.78 Å². The van der Waals surface area contributed by atoms with Crippen molar-refractivity contribution in [1.82, 2.24) is 0 Å². The summed E-state index contributed by atoms with van der Waals surface area (Å²) in [7, 11) is 0. The van der Waals surface area contributed by atoms with Crippen molar-refractivity contribution in [3.8, 4) is 0 Å². The van der Waals surface area contributed by atoms with Crippen molar-refractivity contribution in [3.05, 3.63) is 23.3 Å².